The van der Waals surface area contributed by atoms with Gasteiger partial charge in [-0.05, 0) is 24.7 Å². The number of carbonyl (C=O) groups excluding carboxylic acids is 1. The summed E-state index contributed by atoms with van der Waals surface area (Å²) in [6.07, 6.45) is 7.48. The van der Waals surface area contributed by atoms with E-state index in [1.807, 2.05) is 4.90 Å². The first-order chi connectivity index (χ1) is 8.55. The Hall–Kier alpha value is -0.570. The van der Waals surface area contributed by atoms with Gasteiger partial charge in [-0.15, -0.1) is 0 Å². The van der Waals surface area contributed by atoms with Crippen LogP contribution in [0.5, 0.6) is 0 Å². The highest BCUT2D eigenvalue weighted by Crippen LogP contribution is 2.22. The van der Waals surface area contributed by atoms with Crippen LogP contribution in [0.2, 0.25) is 0 Å². The Bertz CT molecular complexity index is 245. The molecular weight excluding hydrogens is 224 g/mol. The van der Waals surface area contributed by atoms with Gasteiger partial charge in [0.25, 0.3) is 0 Å². The molecule has 3 nitrogen and oxygen atoms in total. The fraction of sp³-hybridized carbons (Fsp3) is 0.933. The van der Waals surface area contributed by atoms with E-state index in [-0.39, 0.29) is 5.91 Å². The topological polar surface area (TPSA) is 32.3 Å². The number of carbonyl (C=O) groups is 1. The van der Waals surface area contributed by atoms with Crippen molar-refractivity contribution in [2.75, 3.05) is 26.2 Å². The van der Waals surface area contributed by atoms with Crippen LogP contribution in [-0.2, 0) is 4.79 Å². The first-order valence-electron chi connectivity index (χ1n) is 7.54. The van der Waals surface area contributed by atoms with E-state index in [2.05, 4.69) is 26.1 Å². The number of unbranched alkanes of at least 4 members (excludes halogenated alkanes) is 2. The maximum absolute atomic E-state index is 11.9. The largest absolute Gasteiger partial charge is 0.342 e. The molecule has 1 aliphatic rings. The van der Waals surface area contributed by atoms with Crippen molar-refractivity contribution in [2.24, 2.45) is 5.41 Å². The van der Waals surface area contributed by atoms with Gasteiger partial charge in [0, 0.05) is 19.6 Å². The minimum Gasteiger partial charge on any atom is -0.342 e. The molecule has 0 aliphatic carbocycles. The predicted octanol–water partition coefficient (Wildman–Crippen LogP) is 2.80. The zero-order valence-corrected chi connectivity index (χ0v) is 12.4. The van der Waals surface area contributed by atoms with Gasteiger partial charge in [-0.3, -0.25) is 4.79 Å². The lowest BCUT2D eigenvalue weighted by Gasteiger charge is -2.25. The van der Waals surface area contributed by atoms with E-state index < -0.39 is 0 Å². The van der Waals surface area contributed by atoms with E-state index in [4.69, 9.17) is 0 Å². The molecule has 0 aromatic rings. The van der Waals surface area contributed by atoms with Crippen molar-refractivity contribution < 1.29 is 4.79 Å². The van der Waals surface area contributed by atoms with E-state index >= 15 is 0 Å². The van der Waals surface area contributed by atoms with Crippen LogP contribution in [-0.4, -0.2) is 37.0 Å². The van der Waals surface area contributed by atoms with E-state index in [1.54, 1.807) is 0 Å². The summed E-state index contributed by atoms with van der Waals surface area (Å²) < 4.78 is 0. The first-order valence-corrected chi connectivity index (χ1v) is 7.54. The molecule has 1 amide bonds. The number of nitrogens with zero attached hydrogens (tertiary/aromatic N) is 1. The zero-order chi connectivity index (χ0) is 13.4. The fourth-order valence-corrected chi connectivity index (χ4v) is 2.53. The smallest absolute Gasteiger partial charge is 0.236 e. The van der Waals surface area contributed by atoms with E-state index in [0.717, 1.165) is 19.6 Å². The maximum atomic E-state index is 11.9. The van der Waals surface area contributed by atoms with Gasteiger partial charge in [-0.2, -0.15) is 0 Å². The minimum atomic E-state index is 0.275. The minimum absolute atomic E-state index is 0.275. The Labute approximate surface area is 112 Å². The summed E-state index contributed by atoms with van der Waals surface area (Å²) in [5.74, 6) is 0.275. The molecule has 3 heteroatoms. The molecule has 0 spiro atoms. The SMILES string of the molecule is CCCCCC(C)(C)CNCC(=O)N1CCCC1. The molecule has 0 saturated carbocycles. The van der Waals surface area contributed by atoms with Gasteiger partial charge in [0.05, 0.1) is 6.54 Å². The monoisotopic (exact) mass is 254 g/mol. The quantitative estimate of drug-likeness (QED) is 0.676. The first kappa shape index (κ1) is 15.5. The average Bonchev–Trinajstić information content (AvgIpc) is 2.82. The van der Waals surface area contributed by atoms with Crippen molar-refractivity contribution in [1.29, 1.82) is 0 Å². The molecule has 18 heavy (non-hydrogen) atoms. The summed E-state index contributed by atoms with van der Waals surface area (Å²) in [7, 11) is 0. The molecular formula is C15H30N2O. The number of hydrogen-bond acceptors (Lipinski definition) is 2. The molecule has 0 aromatic carbocycles. The van der Waals surface area contributed by atoms with Crippen LogP contribution in [0.15, 0.2) is 0 Å². The Balaban J connectivity index is 2.13. The third kappa shape index (κ3) is 5.85. The second-order valence-corrected chi connectivity index (χ2v) is 6.31. The molecule has 0 radical (unpaired) electrons. The van der Waals surface area contributed by atoms with Gasteiger partial charge in [-0.25, -0.2) is 0 Å². The van der Waals surface area contributed by atoms with Crippen LogP contribution in [0.4, 0.5) is 0 Å². The normalized spacial score (nSPS) is 16.3. The lowest BCUT2D eigenvalue weighted by Crippen LogP contribution is -2.39. The van der Waals surface area contributed by atoms with Crippen molar-refractivity contribution in [1.82, 2.24) is 10.2 Å². The molecule has 1 N–H and O–H groups in total. The summed E-state index contributed by atoms with van der Waals surface area (Å²) in [6, 6.07) is 0. The van der Waals surface area contributed by atoms with Crippen molar-refractivity contribution in [3.8, 4) is 0 Å². The van der Waals surface area contributed by atoms with Gasteiger partial charge >= 0.3 is 0 Å². The van der Waals surface area contributed by atoms with Gasteiger partial charge < -0.3 is 10.2 Å². The van der Waals surface area contributed by atoms with Crippen molar-refractivity contribution in [3.05, 3.63) is 0 Å². The molecule has 1 saturated heterocycles. The van der Waals surface area contributed by atoms with Crippen LogP contribution >= 0.6 is 0 Å². The molecule has 0 bridgehead atoms. The van der Waals surface area contributed by atoms with Gasteiger partial charge in [0.2, 0.25) is 5.91 Å². The van der Waals surface area contributed by atoms with Crippen molar-refractivity contribution in [3.63, 3.8) is 0 Å². The molecule has 0 unspecified atom stereocenters. The van der Waals surface area contributed by atoms with E-state index in [9.17, 15) is 4.79 Å². The molecule has 1 aliphatic heterocycles. The Morgan fingerprint density at radius 1 is 1.22 bits per heavy atom. The van der Waals surface area contributed by atoms with Crippen molar-refractivity contribution >= 4 is 5.91 Å². The Morgan fingerprint density at radius 3 is 2.50 bits per heavy atom. The van der Waals surface area contributed by atoms with Crippen LogP contribution in [0.1, 0.15) is 59.3 Å². The summed E-state index contributed by atoms with van der Waals surface area (Å²) in [5.41, 5.74) is 0.306. The standard InChI is InChI=1S/C15H30N2O/c1-4-5-6-9-15(2,3)13-16-12-14(18)17-10-7-8-11-17/h16H,4-13H2,1-3H3. The van der Waals surface area contributed by atoms with Gasteiger partial charge in [0.15, 0.2) is 0 Å². The summed E-state index contributed by atoms with van der Waals surface area (Å²) in [5, 5.41) is 3.34. The number of hydrogen-bond donors (Lipinski definition) is 1. The van der Waals surface area contributed by atoms with Crippen molar-refractivity contribution in [2.45, 2.75) is 59.3 Å². The van der Waals surface area contributed by atoms with E-state index in [0.29, 0.717) is 12.0 Å². The maximum Gasteiger partial charge on any atom is 0.236 e. The van der Waals surface area contributed by atoms with Crippen LogP contribution in [0.25, 0.3) is 0 Å². The molecule has 1 rings (SSSR count). The summed E-state index contributed by atoms with van der Waals surface area (Å²) >= 11 is 0. The third-order valence-corrected chi connectivity index (χ3v) is 3.80. The molecule has 1 fully saturated rings. The number of likely N-dealkylation sites (tertiary alicyclic amines) is 1. The van der Waals surface area contributed by atoms with Gasteiger partial charge in [0.1, 0.15) is 0 Å². The molecule has 0 aromatic heterocycles. The fourth-order valence-electron chi connectivity index (χ4n) is 2.53. The predicted molar refractivity (Wildman–Crippen MR) is 76.6 cm³/mol. The van der Waals surface area contributed by atoms with Crippen LogP contribution in [0, 0.1) is 5.41 Å². The third-order valence-electron chi connectivity index (χ3n) is 3.80. The lowest BCUT2D eigenvalue weighted by molar-refractivity contribution is -0.129. The second kappa shape index (κ2) is 7.78. The second-order valence-electron chi connectivity index (χ2n) is 6.31. The highest BCUT2D eigenvalue weighted by Gasteiger charge is 2.20. The Kier molecular flexibility index (Phi) is 6.69. The van der Waals surface area contributed by atoms with Crippen LogP contribution in [0.3, 0.4) is 0 Å². The van der Waals surface area contributed by atoms with Gasteiger partial charge in [-0.1, -0.05) is 40.0 Å². The number of rotatable bonds is 8. The average molecular weight is 254 g/mol. The highest BCUT2D eigenvalue weighted by molar-refractivity contribution is 5.78. The molecule has 0 atom stereocenters. The molecule has 1 heterocycles. The summed E-state index contributed by atoms with van der Waals surface area (Å²) in [4.78, 5) is 13.8. The lowest BCUT2D eigenvalue weighted by atomic mass is 9.87. The highest BCUT2D eigenvalue weighted by atomic mass is 16.2. The Morgan fingerprint density at radius 2 is 1.89 bits per heavy atom. The number of nitrogens with one attached hydrogen (secondary N) is 1. The zero-order valence-electron chi connectivity index (χ0n) is 12.4. The molecule has 106 valence electrons. The van der Waals surface area contributed by atoms with E-state index in [1.165, 1.54) is 38.5 Å². The number of amides is 1. The summed E-state index contributed by atoms with van der Waals surface area (Å²) in [6.45, 7) is 10.2. The van der Waals surface area contributed by atoms with Crippen LogP contribution < -0.4 is 5.32 Å².